The van der Waals surface area contributed by atoms with Crippen molar-refractivity contribution < 1.29 is 18.7 Å². The van der Waals surface area contributed by atoms with Gasteiger partial charge in [0.1, 0.15) is 28.9 Å². The van der Waals surface area contributed by atoms with Gasteiger partial charge >= 0.3 is 0 Å². The summed E-state index contributed by atoms with van der Waals surface area (Å²) in [6.07, 6.45) is 4.22. The number of nitriles is 1. The molecule has 0 aliphatic carbocycles. The van der Waals surface area contributed by atoms with Crippen molar-refractivity contribution in [3.05, 3.63) is 40.6 Å². The Morgan fingerprint density at radius 3 is 2.42 bits per heavy atom. The molecule has 31 heavy (non-hydrogen) atoms. The summed E-state index contributed by atoms with van der Waals surface area (Å²) in [5.41, 5.74) is 2.39. The summed E-state index contributed by atoms with van der Waals surface area (Å²) >= 11 is 0. The number of ether oxygens (including phenoxy) is 2. The first-order valence-electron chi connectivity index (χ1n) is 10.7. The molecule has 1 aromatic heterocycles. The van der Waals surface area contributed by atoms with Gasteiger partial charge in [-0.2, -0.15) is 5.26 Å². The fourth-order valence-electron chi connectivity index (χ4n) is 4.03. The Bertz CT molecular complexity index is 930. The minimum Gasteiger partial charge on any atom is -0.497 e. The SMILES string of the molecule is COc1cc(CCC2CCN(CC(=O)Nc3oc(C)c(C)c3C#N)CC2)cc(OC)c1. The monoisotopic (exact) mass is 425 g/mol. The second-order valence-corrected chi connectivity index (χ2v) is 8.13. The van der Waals surface area contributed by atoms with Crippen LogP contribution in [0.5, 0.6) is 11.5 Å². The molecule has 0 radical (unpaired) electrons. The van der Waals surface area contributed by atoms with Gasteiger partial charge in [-0.15, -0.1) is 0 Å². The van der Waals surface area contributed by atoms with E-state index in [1.165, 1.54) is 5.56 Å². The zero-order valence-corrected chi connectivity index (χ0v) is 18.8. The third kappa shape index (κ3) is 5.80. The van der Waals surface area contributed by atoms with E-state index in [1.54, 1.807) is 21.1 Å². The number of amides is 1. The molecule has 1 amide bonds. The molecular formula is C24H31N3O4. The predicted octanol–water partition coefficient (Wildman–Crippen LogP) is 4.07. The molecule has 1 N–H and O–H groups in total. The van der Waals surface area contributed by atoms with Crippen LogP contribution in [0.3, 0.4) is 0 Å². The van der Waals surface area contributed by atoms with Crippen LogP contribution in [-0.2, 0) is 11.2 Å². The average Bonchev–Trinajstić information content (AvgIpc) is 3.04. The van der Waals surface area contributed by atoms with Gasteiger partial charge in [-0.05, 0) is 76.2 Å². The second-order valence-electron chi connectivity index (χ2n) is 8.13. The fraction of sp³-hybridized carbons (Fsp3) is 0.500. The number of carbonyl (C=O) groups excluding carboxylic acids is 1. The van der Waals surface area contributed by atoms with Gasteiger partial charge in [0.05, 0.1) is 20.8 Å². The fourth-order valence-corrected chi connectivity index (χ4v) is 4.03. The molecule has 3 rings (SSSR count). The summed E-state index contributed by atoms with van der Waals surface area (Å²) in [6.45, 7) is 5.70. The van der Waals surface area contributed by atoms with Gasteiger partial charge in [-0.3, -0.25) is 15.0 Å². The molecule has 2 aromatic rings. The zero-order valence-electron chi connectivity index (χ0n) is 18.8. The molecule has 7 heteroatoms. The number of piperidine rings is 1. The summed E-state index contributed by atoms with van der Waals surface area (Å²) in [7, 11) is 3.33. The number of hydrogen-bond acceptors (Lipinski definition) is 6. The van der Waals surface area contributed by atoms with Gasteiger partial charge < -0.3 is 13.9 Å². The minimum atomic E-state index is -0.146. The summed E-state index contributed by atoms with van der Waals surface area (Å²) < 4.78 is 16.2. The number of rotatable bonds is 8. The van der Waals surface area contributed by atoms with Crippen LogP contribution < -0.4 is 14.8 Å². The molecule has 1 aliphatic rings. The topological polar surface area (TPSA) is 87.7 Å². The van der Waals surface area contributed by atoms with E-state index in [2.05, 4.69) is 28.4 Å². The average molecular weight is 426 g/mol. The van der Waals surface area contributed by atoms with Crippen LogP contribution in [0.25, 0.3) is 0 Å². The van der Waals surface area contributed by atoms with Gasteiger partial charge in [-0.1, -0.05) is 0 Å². The molecule has 1 aromatic carbocycles. The van der Waals surface area contributed by atoms with Gasteiger partial charge in [0.15, 0.2) is 0 Å². The van der Waals surface area contributed by atoms with Gasteiger partial charge in [0.2, 0.25) is 11.8 Å². The van der Waals surface area contributed by atoms with E-state index >= 15 is 0 Å². The lowest BCUT2D eigenvalue weighted by molar-refractivity contribution is -0.117. The van der Waals surface area contributed by atoms with Crippen LogP contribution in [0, 0.1) is 31.1 Å². The number of likely N-dealkylation sites (tertiary alicyclic amines) is 1. The normalized spacial score (nSPS) is 14.8. The number of aryl methyl sites for hydroxylation is 2. The molecule has 1 aliphatic heterocycles. The lowest BCUT2D eigenvalue weighted by Gasteiger charge is -2.31. The Morgan fingerprint density at radius 2 is 1.84 bits per heavy atom. The molecule has 0 bridgehead atoms. The first kappa shape index (κ1) is 22.7. The molecule has 0 unspecified atom stereocenters. The van der Waals surface area contributed by atoms with Gasteiger partial charge in [0, 0.05) is 11.6 Å². The van der Waals surface area contributed by atoms with Crippen molar-refractivity contribution in [1.82, 2.24) is 4.90 Å². The van der Waals surface area contributed by atoms with Crippen LogP contribution >= 0.6 is 0 Å². The molecular weight excluding hydrogens is 394 g/mol. The number of benzene rings is 1. The van der Waals surface area contributed by atoms with Crippen LogP contribution in [-0.4, -0.2) is 44.7 Å². The summed E-state index contributed by atoms with van der Waals surface area (Å²) in [4.78, 5) is 14.6. The number of carbonyl (C=O) groups is 1. The Hall–Kier alpha value is -2.98. The highest BCUT2D eigenvalue weighted by Crippen LogP contribution is 2.28. The molecule has 0 saturated carbocycles. The number of furan rings is 1. The molecule has 0 atom stereocenters. The minimum absolute atomic E-state index is 0.146. The highest BCUT2D eigenvalue weighted by Gasteiger charge is 2.22. The van der Waals surface area contributed by atoms with E-state index in [0.29, 0.717) is 23.8 Å². The first-order chi connectivity index (χ1) is 14.9. The Kier molecular flexibility index (Phi) is 7.59. The van der Waals surface area contributed by atoms with E-state index in [0.717, 1.165) is 55.8 Å². The third-order valence-corrected chi connectivity index (χ3v) is 6.08. The van der Waals surface area contributed by atoms with E-state index in [-0.39, 0.29) is 11.8 Å². The van der Waals surface area contributed by atoms with Crippen molar-refractivity contribution in [2.45, 2.75) is 39.5 Å². The van der Waals surface area contributed by atoms with E-state index in [9.17, 15) is 10.1 Å². The first-order valence-corrected chi connectivity index (χ1v) is 10.7. The molecule has 166 valence electrons. The van der Waals surface area contributed by atoms with Crippen molar-refractivity contribution >= 4 is 11.8 Å². The largest absolute Gasteiger partial charge is 0.497 e. The number of methoxy groups -OCH3 is 2. The van der Waals surface area contributed by atoms with Crippen LogP contribution in [0.1, 0.15) is 41.7 Å². The molecule has 0 spiro atoms. The van der Waals surface area contributed by atoms with Crippen LogP contribution in [0.15, 0.2) is 22.6 Å². The second kappa shape index (κ2) is 10.4. The molecule has 7 nitrogen and oxygen atoms in total. The maximum atomic E-state index is 12.4. The van der Waals surface area contributed by atoms with Gasteiger partial charge in [-0.25, -0.2) is 0 Å². The highest BCUT2D eigenvalue weighted by molar-refractivity contribution is 5.92. The van der Waals surface area contributed by atoms with Crippen molar-refractivity contribution in [1.29, 1.82) is 5.26 Å². The van der Waals surface area contributed by atoms with Crippen molar-refractivity contribution in [2.75, 3.05) is 39.2 Å². The predicted molar refractivity (Wildman–Crippen MR) is 119 cm³/mol. The maximum Gasteiger partial charge on any atom is 0.240 e. The summed E-state index contributed by atoms with van der Waals surface area (Å²) in [5.74, 6) is 3.03. The van der Waals surface area contributed by atoms with E-state index in [1.807, 2.05) is 13.0 Å². The highest BCUT2D eigenvalue weighted by atomic mass is 16.5. The van der Waals surface area contributed by atoms with Crippen molar-refractivity contribution in [3.63, 3.8) is 0 Å². The number of hydrogen-bond donors (Lipinski definition) is 1. The number of nitrogens with one attached hydrogen (secondary N) is 1. The third-order valence-electron chi connectivity index (χ3n) is 6.08. The number of nitrogens with zero attached hydrogens (tertiary/aromatic N) is 2. The lowest BCUT2D eigenvalue weighted by Crippen LogP contribution is -2.39. The van der Waals surface area contributed by atoms with Crippen LogP contribution in [0.4, 0.5) is 5.88 Å². The van der Waals surface area contributed by atoms with Crippen molar-refractivity contribution in [3.8, 4) is 17.6 Å². The Balaban J connectivity index is 1.45. The zero-order chi connectivity index (χ0) is 22.4. The Morgan fingerprint density at radius 1 is 1.19 bits per heavy atom. The van der Waals surface area contributed by atoms with Crippen LogP contribution in [0.2, 0.25) is 0 Å². The number of anilines is 1. The van der Waals surface area contributed by atoms with E-state index in [4.69, 9.17) is 13.9 Å². The standard InChI is InChI=1S/C24H31N3O4/c1-16-17(2)31-24(22(16)14-25)26-23(28)15-27-9-7-18(8-10-27)5-6-19-11-20(29-3)13-21(12-19)30-4/h11-13,18H,5-10,15H2,1-4H3,(H,26,28). The van der Waals surface area contributed by atoms with Crippen molar-refractivity contribution in [2.24, 2.45) is 5.92 Å². The molecule has 1 saturated heterocycles. The quantitative estimate of drug-likeness (QED) is 0.686. The summed E-state index contributed by atoms with van der Waals surface area (Å²) in [6, 6.07) is 8.12. The maximum absolute atomic E-state index is 12.4. The molecule has 2 heterocycles. The smallest absolute Gasteiger partial charge is 0.240 e. The van der Waals surface area contributed by atoms with Gasteiger partial charge in [0.25, 0.3) is 0 Å². The van der Waals surface area contributed by atoms with E-state index < -0.39 is 0 Å². The Labute approximate surface area is 183 Å². The summed E-state index contributed by atoms with van der Waals surface area (Å²) in [5, 5.41) is 12.0. The molecule has 1 fully saturated rings. The lowest BCUT2D eigenvalue weighted by atomic mass is 9.90.